The summed E-state index contributed by atoms with van der Waals surface area (Å²) in [4.78, 5) is 26.5. The summed E-state index contributed by atoms with van der Waals surface area (Å²) in [5.74, 6) is -0.453. The van der Waals surface area contributed by atoms with Crippen molar-refractivity contribution in [1.82, 2.24) is 0 Å². The number of amides is 2. The van der Waals surface area contributed by atoms with Gasteiger partial charge in [-0.25, -0.2) is 0 Å². The highest BCUT2D eigenvalue weighted by Gasteiger charge is 2.39. The highest BCUT2D eigenvalue weighted by molar-refractivity contribution is 6.21. The van der Waals surface area contributed by atoms with E-state index in [4.69, 9.17) is 11.5 Å². The van der Waals surface area contributed by atoms with Gasteiger partial charge in [-0.15, -0.1) is 0 Å². The minimum absolute atomic E-state index is 0.105. The maximum Gasteiger partial charge on any atom is 0.237 e. The molecule has 1 saturated heterocycles. The summed E-state index contributed by atoms with van der Waals surface area (Å²) in [6, 6.07) is 4.92. The van der Waals surface area contributed by atoms with Crippen LogP contribution in [-0.4, -0.2) is 11.8 Å². The van der Waals surface area contributed by atoms with Gasteiger partial charge >= 0.3 is 0 Å². The van der Waals surface area contributed by atoms with Crippen LogP contribution in [0.5, 0.6) is 0 Å². The molecule has 1 heterocycles. The Morgan fingerprint density at radius 1 is 0.657 bits per heavy atom. The number of unbranched alkanes of at least 4 members (excludes halogenated alkanes) is 17. The predicted molar refractivity (Wildman–Crippen MR) is 149 cm³/mol. The van der Waals surface area contributed by atoms with E-state index in [-0.39, 0.29) is 17.7 Å². The Morgan fingerprint density at radius 2 is 1.06 bits per heavy atom. The standard InChI is InChI=1S/C30H51N3O2/c1-2-3-4-5-6-7-8-9-10-11-12-13-14-15-16-17-18-19-20-25-21-29(34)33(30(25)35)28-23-26(31)22-27(32)24-28/h22-25H,2-21,31-32H2,1H3. The summed E-state index contributed by atoms with van der Waals surface area (Å²) in [5.41, 5.74) is 13.1. The first-order chi connectivity index (χ1) is 17.0. The average Bonchev–Trinajstić information content (AvgIpc) is 3.10. The summed E-state index contributed by atoms with van der Waals surface area (Å²) in [7, 11) is 0. The Morgan fingerprint density at radius 3 is 1.49 bits per heavy atom. The van der Waals surface area contributed by atoms with Crippen LogP contribution in [0, 0.1) is 5.92 Å². The largest absolute Gasteiger partial charge is 0.399 e. The molecule has 1 aromatic carbocycles. The Hall–Kier alpha value is -2.04. The first-order valence-electron chi connectivity index (χ1n) is 14.6. The first-order valence-corrected chi connectivity index (χ1v) is 14.6. The zero-order valence-electron chi connectivity index (χ0n) is 22.4. The molecule has 5 nitrogen and oxygen atoms in total. The van der Waals surface area contributed by atoms with Gasteiger partial charge in [0.05, 0.1) is 5.69 Å². The second kappa shape index (κ2) is 17.4. The van der Waals surface area contributed by atoms with Crippen molar-refractivity contribution < 1.29 is 9.59 Å². The van der Waals surface area contributed by atoms with Crippen LogP contribution in [0.2, 0.25) is 0 Å². The lowest BCUT2D eigenvalue weighted by atomic mass is 9.98. The zero-order chi connectivity index (χ0) is 25.3. The van der Waals surface area contributed by atoms with Gasteiger partial charge in [-0.2, -0.15) is 0 Å². The normalized spacial score (nSPS) is 15.9. The summed E-state index contributed by atoms with van der Waals surface area (Å²) < 4.78 is 0. The molecule has 4 N–H and O–H groups in total. The summed E-state index contributed by atoms with van der Waals surface area (Å²) in [6.07, 6.45) is 25.3. The van der Waals surface area contributed by atoms with Crippen LogP contribution in [0.25, 0.3) is 0 Å². The van der Waals surface area contributed by atoms with Gasteiger partial charge < -0.3 is 11.5 Å². The van der Waals surface area contributed by atoms with Gasteiger partial charge in [-0.3, -0.25) is 14.5 Å². The minimum atomic E-state index is -0.203. The number of benzene rings is 1. The van der Waals surface area contributed by atoms with Crippen molar-refractivity contribution in [1.29, 1.82) is 0 Å². The fourth-order valence-electron chi connectivity index (χ4n) is 5.27. The molecule has 0 aromatic heterocycles. The van der Waals surface area contributed by atoms with Gasteiger partial charge in [-0.05, 0) is 24.6 Å². The molecule has 0 aliphatic carbocycles. The number of anilines is 3. The Labute approximate surface area is 214 Å². The van der Waals surface area contributed by atoms with Crippen molar-refractivity contribution in [2.75, 3.05) is 16.4 Å². The molecule has 1 atom stereocenters. The summed E-state index contributed by atoms with van der Waals surface area (Å²) in [6.45, 7) is 2.28. The van der Waals surface area contributed by atoms with E-state index in [2.05, 4.69) is 6.92 Å². The van der Waals surface area contributed by atoms with E-state index in [1.54, 1.807) is 18.2 Å². The molecule has 0 bridgehead atoms. The van der Waals surface area contributed by atoms with E-state index in [1.807, 2.05) is 0 Å². The number of hydrogen-bond acceptors (Lipinski definition) is 4. The lowest BCUT2D eigenvalue weighted by Crippen LogP contribution is -2.30. The Balaban J connectivity index is 1.42. The third kappa shape index (κ3) is 11.5. The van der Waals surface area contributed by atoms with E-state index < -0.39 is 0 Å². The monoisotopic (exact) mass is 485 g/mol. The Kier molecular flexibility index (Phi) is 14.5. The third-order valence-corrected chi connectivity index (χ3v) is 7.37. The highest BCUT2D eigenvalue weighted by Crippen LogP contribution is 2.32. The fraction of sp³-hybridized carbons (Fsp3) is 0.733. The van der Waals surface area contributed by atoms with Gasteiger partial charge in [0.2, 0.25) is 11.8 Å². The number of rotatable bonds is 20. The van der Waals surface area contributed by atoms with Crippen molar-refractivity contribution in [2.24, 2.45) is 5.92 Å². The van der Waals surface area contributed by atoms with E-state index in [9.17, 15) is 9.59 Å². The molecule has 1 aromatic rings. The van der Waals surface area contributed by atoms with Gasteiger partial charge in [0.1, 0.15) is 0 Å². The minimum Gasteiger partial charge on any atom is -0.399 e. The average molecular weight is 486 g/mol. The van der Waals surface area contributed by atoms with Crippen LogP contribution in [0.1, 0.15) is 135 Å². The molecule has 0 saturated carbocycles. The molecule has 1 aliphatic heterocycles. The van der Waals surface area contributed by atoms with Crippen LogP contribution in [0.4, 0.5) is 17.1 Å². The quantitative estimate of drug-likeness (QED) is 0.111. The second-order valence-electron chi connectivity index (χ2n) is 10.6. The molecule has 2 amide bonds. The number of carbonyl (C=O) groups is 2. The number of carbonyl (C=O) groups excluding carboxylic acids is 2. The van der Waals surface area contributed by atoms with Crippen LogP contribution >= 0.6 is 0 Å². The maximum atomic E-state index is 12.8. The molecule has 0 radical (unpaired) electrons. The molecule has 2 rings (SSSR count). The molecule has 1 unspecified atom stereocenters. The smallest absolute Gasteiger partial charge is 0.237 e. The molecular weight excluding hydrogens is 434 g/mol. The SMILES string of the molecule is CCCCCCCCCCCCCCCCCCCCC1CC(=O)N(c2cc(N)cc(N)c2)C1=O. The summed E-state index contributed by atoms with van der Waals surface area (Å²) in [5, 5.41) is 0. The molecule has 198 valence electrons. The van der Waals surface area contributed by atoms with Gasteiger partial charge in [0.25, 0.3) is 0 Å². The molecular formula is C30H51N3O2. The van der Waals surface area contributed by atoms with Gasteiger partial charge in [0.15, 0.2) is 0 Å². The fourth-order valence-corrected chi connectivity index (χ4v) is 5.27. The Bertz CT molecular complexity index is 729. The van der Waals surface area contributed by atoms with Crippen molar-refractivity contribution in [3.05, 3.63) is 18.2 Å². The van der Waals surface area contributed by atoms with E-state index in [0.717, 1.165) is 19.3 Å². The molecule has 1 fully saturated rings. The zero-order valence-corrected chi connectivity index (χ0v) is 22.4. The predicted octanol–water partition coefficient (Wildman–Crippen LogP) is 8.16. The van der Waals surface area contributed by atoms with Gasteiger partial charge in [-0.1, -0.05) is 122 Å². The number of nitrogens with zero attached hydrogens (tertiary/aromatic N) is 1. The molecule has 5 heteroatoms. The number of imide groups is 1. The lowest BCUT2D eigenvalue weighted by Gasteiger charge is -2.16. The lowest BCUT2D eigenvalue weighted by molar-refractivity contribution is -0.122. The number of hydrogen-bond donors (Lipinski definition) is 2. The van der Waals surface area contributed by atoms with E-state index >= 15 is 0 Å². The third-order valence-electron chi connectivity index (χ3n) is 7.37. The van der Waals surface area contributed by atoms with E-state index in [0.29, 0.717) is 23.5 Å². The van der Waals surface area contributed by atoms with Crippen molar-refractivity contribution in [3.63, 3.8) is 0 Å². The molecule has 0 spiro atoms. The number of nitrogen functional groups attached to an aromatic ring is 2. The van der Waals surface area contributed by atoms with Crippen molar-refractivity contribution in [2.45, 2.75) is 135 Å². The van der Waals surface area contributed by atoms with Crippen molar-refractivity contribution in [3.8, 4) is 0 Å². The first kappa shape index (κ1) is 29.2. The van der Waals surface area contributed by atoms with Crippen LogP contribution < -0.4 is 16.4 Å². The topological polar surface area (TPSA) is 89.4 Å². The molecule has 1 aliphatic rings. The second-order valence-corrected chi connectivity index (χ2v) is 10.6. The molecule has 35 heavy (non-hydrogen) atoms. The van der Waals surface area contributed by atoms with Crippen LogP contribution in [-0.2, 0) is 9.59 Å². The van der Waals surface area contributed by atoms with E-state index in [1.165, 1.54) is 108 Å². The van der Waals surface area contributed by atoms with Crippen LogP contribution in [0.15, 0.2) is 18.2 Å². The number of nitrogens with two attached hydrogens (primary N) is 2. The van der Waals surface area contributed by atoms with Crippen LogP contribution in [0.3, 0.4) is 0 Å². The highest BCUT2D eigenvalue weighted by atomic mass is 16.2. The van der Waals surface area contributed by atoms with Crippen molar-refractivity contribution >= 4 is 28.9 Å². The maximum absolute atomic E-state index is 12.8. The summed E-state index contributed by atoms with van der Waals surface area (Å²) >= 11 is 0. The van der Waals surface area contributed by atoms with Gasteiger partial charge in [0, 0.05) is 23.7 Å².